The van der Waals surface area contributed by atoms with E-state index in [0.29, 0.717) is 36.6 Å². The number of nitrogens with zero attached hydrogens (tertiary/aromatic N) is 4. The number of anilines is 1. The van der Waals surface area contributed by atoms with Crippen molar-refractivity contribution in [1.82, 2.24) is 9.55 Å². The van der Waals surface area contributed by atoms with Gasteiger partial charge in [0, 0.05) is 31.2 Å². The molecule has 260 valence electrons. The van der Waals surface area contributed by atoms with Gasteiger partial charge >= 0.3 is 5.97 Å². The lowest BCUT2D eigenvalue weighted by Crippen LogP contribution is -2.26. The van der Waals surface area contributed by atoms with Crippen LogP contribution in [0, 0.1) is 11.7 Å². The summed E-state index contributed by atoms with van der Waals surface area (Å²) in [6.45, 7) is 1.43. The molecule has 3 heterocycles. The van der Waals surface area contributed by atoms with Gasteiger partial charge in [-0.05, 0) is 42.2 Å². The minimum atomic E-state index is -3.67. The zero-order valence-corrected chi connectivity index (χ0v) is 27.6. The van der Waals surface area contributed by atoms with Gasteiger partial charge in [0.1, 0.15) is 24.4 Å². The number of pyridine rings is 2. The number of carbonyl (C=O) groups is 1. The molecular formula is C33H36FN5O9S. The van der Waals surface area contributed by atoms with Crippen molar-refractivity contribution in [3.05, 3.63) is 93.5 Å². The molecule has 0 radical (unpaired) electrons. The van der Waals surface area contributed by atoms with Gasteiger partial charge in [0.05, 0.1) is 31.0 Å². The number of hydrogen-bond acceptors (Lipinski definition) is 11. The lowest BCUT2D eigenvalue weighted by Gasteiger charge is -2.19. The van der Waals surface area contributed by atoms with Crippen LogP contribution in [0.3, 0.4) is 0 Å². The molecule has 1 aliphatic carbocycles. The number of ether oxygens (including phenoxy) is 2. The lowest BCUT2D eigenvalue weighted by atomic mass is 10.1. The molecule has 1 saturated heterocycles. The van der Waals surface area contributed by atoms with E-state index >= 15 is 4.39 Å². The third-order valence-electron chi connectivity index (χ3n) is 7.84. The van der Waals surface area contributed by atoms with Gasteiger partial charge in [-0.15, -0.1) is 0 Å². The number of hydrogen-bond donors (Lipinski definition) is 3. The molecule has 49 heavy (non-hydrogen) atoms. The Morgan fingerprint density at radius 1 is 1.10 bits per heavy atom. The van der Waals surface area contributed by atoms with Crippen molar-refractivity contribution in [3.8, 4) is 11.5 Å². The highest BCUT2D eigenvalue weighted by Crippen LogP contribution is 2.37. The van der Waals surface area contributed by atoms with Crippen LogP contribution in [0.2, 0.25) is 0 Å². The maximum Gasteiger partial charge on any atom is 0.341 e. The zero-order chi connectivity index (χ0) is 35.3. The van der Waals surface area contributed by atoms with Crippen LogP contribution in [0.5, 0.6) is 11.5 Å². The highest BCUT2D eigenvalue weighted by Gasteiger charge is 2.33. The largest absolute Gasteiger partial charge is 0.493 e. The van der Waals surface area contributed by atoms with E-state index in [-0.39, 0.29) is 48.5 Å². The molecule has 1 saturated carbocycles. The van der Waals surface area contributed by atoms with Crippen LogP contribution in [-0.2, 0) is 28.2 Å². The first-order valence-electron chi connectivity index (χ1n) is 15.2. The molecule has 2 fully saturated rings. The summed E-state index contributed by atoms with van der Waals surface area (Å²) in [5.41, 5.74) is 7.63. The number of methoxy groups -OCH3 is 1. The molecule has 2 aromatic carbocycles. The van der Waals surface area contributed by atoms with E-state index in [2.05, 4.69) is 10.1 Å². The Kier molecular flexibility index (Phi) is 10.8. The smallest absolute Gasteiger partial charge is 0.341 e. The van der Waals surface area contributed by atoms with Crippen LogP contribution < -0.4 is 25.5 Å². The van der Waals surface area contributed by atoms with E-state index in [1.54, 1.807) is 16.6 Å². The second-order valence-corrected chi connectivity index (χ2v) is 13.1. The number of rotatable bonds is 11. The second kappa shape index (κ2) is 15.0. The molecule has 1 aliphatic heterocycles. The van der Waals surface area contributed by atoms with Crippen molar-refractivity contribution in [2.45, 2.75) is 32.1 Å². The van der Waals surface area contributed by atoms with E-state index in [1.807, 2.05) is 48.5 Å². The summed E-state index contributed by atoms with van der Waals surface area (Å²) in [7, 11) is -2.09. The highest BCUT2D eigenvalue weighted by molar-refractivity contribution is 7.85. The molecule has 6 rings (SSSR count). The molecule has 0 amide bonds. The number of aromatic carboxylic acids is 1. The fraction of sp³-hybridized carbons (Fsp3) is 0.333. The first kappa shape index (κ1) is 35.3. The third kappa shape index (κ3) is 8.90. The quantitative estimate of drug-likeness (QED) is 0.152. The summed E-state index contributed by atoms with van der Waals surface area (Å²) in [5, 5.41) is 13.8. The number of benzene rings is 2. The maximum absolute atomic E-state index is 15.4. The maximum atomic E-state index is 15.4. The molecule has 1 atom stereocenters. The van der Waals surface area contributed by atoms with Gasteiger partial charge in [-0.3, -0.25) is 9.35 Å². The van der Waals surface area contributed by atoms with Crippen molar-refractivity contribution in [2.24, 2.45) is 16.8 Å². The van der Waals surface area contributed by atoms with E-state index in [9.17, 15) is 23.1 Å². The first-order chi connectivity index (χ1) is 23.4. The van der Waals surface area contributed by atoms with Crippen LogP contribution in [-0.4, -0.2) is 72.3 Å². The third-order valence-corrected chi connectivity index (χ3v) is 7.84. The Balaban J connectivity index is 0.000000874. The molecule has 1 unspecified atom stereocenters. The number of carboxylic acids is 1. The SMILES string of the molecule is COc1cc(CO/N=C2\CN(c3nc4c(cc3F)c(=O)c(C(=O)O)cn4C3CC3)CC2CN)ccc1OCc1ccccc1.CS(=O)(=O)O. The number of oxime groups is 1. The fourth-order valence-electron chi connectivity index (χ4n) is 5.32. The zero-order valence-electron chi connectivity index (χ0n) is 26.8. The topological polar surface area (TPSA) is 196 Å². The molecule has 16 heteroatoms. The van der Waals surface area contributed by atoms with Crippen molar-refractivity contribution in [1.29, 1.82) is 0 Å². The Morgan fingerprint density at radius 3 is 2.45 bits per heavy atom. The van der Waals surface area contributed by atoms with Crippen molar-refractivity contribution in [3.63, 3.8) is 0 Å². The predicted octanol–water partition coefficient (Wildman–Crippen LogP) is 3.63. The number of nitrogens with two attached hydrogens (primary N) is 1. The van der Waals surface area contributed by atoms with Gasteiger partial charge < -0.3 is 34.6 Å². The predicted molar refractivity (Wildman–Crippen MR) is 179 cm³/mol. The Hall–Kier alpha value is -5.06. The average Bonchev–Trinajstić information content (AvgIpc) is 3.83. The standard InChI is InChI=1S/C32H32FN5O6.CH4O3S/c1-42-28-11-20(7-10-27(28)43-17-19-5-3-2-4-6-19)18-44-36-26-16-37(14-21(26)13-34)31-25(33)12-23-29(39)24(32(40)41)15-38(22-8-9-22)30(23)35-31;1-5(2,3)4/h2-7,10-12,15,21-22H,8-9,13-14,16-18,34H2,1H3,(H,40,41);1H3,(H,2,3,4)/b36-26+;. The fourth-order valence-corrected chi connectivity index (χ4v) is 5.32. The number of halogens is 1. The Bertz CT molecular complexity index is 2030. The number of fused-ring (bicyclic) bond motifs is 1. The van der Waals surface area contributed by atoms with Gasteiger partial charge in [-0.2, -0.15) is 8.42 Å². The molecule has 0 spiro atoms. The Morgan fingerprint density at radius 2 is 1.82 bits per heavy atom. The minimum absolute atomic E-state index is 0.0195. The van der Waals surface area contributed by atoms with E-state index in [0.717, 1.165) is 30.0 Å². The van der Waals surface area contributed by atoms with Crippen LogP contribution in [0.15, 0.2) is 70.7 Å². The number of aromatic nitrogens is 2. The first-order valence-corrected chi connectivity index (χ1v) is 17.1. The summed E-state index contributed by atoms with van der Waals surface area (Å²) in [4.78, 5) is 36.4. The van der Waals surface area contributed by atoms with Crippen molar-refractivity contribution < 1.29 is 41.6 Å². The monoisotopic (exact) mass is 697 g/mol. The molecule has 2 aliphatic rings. The van der Waals surface area contributed by atoms with Gasteiger partial charge in [0.15, 0.2) is 23.1 Å². The van der Waals surface area contributed by atoms with Crippen LogP contribution >= 0.6 is 0 Å². The summed E-state index contributed by atoms with van der Waals surface area (Å²) in [6.07, 6.45) is 3.68. The van der Waals surface area contributed by atoms with Gasteiger partial charge in [0.2, 0.25) is 5.43 Å². The lowest BCUT2D eigenvalue weighted by molar-refractivity contribution is 0.0694. The second-order valence-electron chi connectivity index (χ2n) is 11.6. The van der Waals surface area contributed by atoms with Crippen LogP contribution in [0.1, 0.15) is 40.4 Å². The summed E-state index contributed by atoms with van der Waals surface area (Å²) >= 11 is 0. The Labute approximate surface area is 281 Å². The minimum Gasteiger partial charge on any atom is -0.493 e. The normalized spacial score (nSPS) is 16.7. The van der Waals surface area contributed by atoms with Crippen molar-refractivity contribution >= 4 is 38.7 Å². The molecule has 4 N–H and O–H groups in total. The average molecular weight is 698 g/mol. The molecule has 2 aromatic heterocycles. The van der Waals surface area contributed by atoms with Gasteiger partial charge in [-0.1, -0.05) is 41.6 Å². The highest BCUT2D eigenvalue weighted by atomic mass is 32.2. The molecule has 14 nitrogen and oxygen atoms in total. The van der Waals surface area contributed by atoms with E-state index < -0.39 is 32.9 Å². The summed E-state index contributed by atoms with van der Waals surface area (Å²) in [5.74, 6) is -1.05. The van der Waals surface area contributed by atoms with Crippen LogP contribution in [0.4, 0.5) is 10.2 Å². The summed E-state index contributed by atoms with van der Waals surface area (Å²) in [6, 6.07) is 16.4. The van der Waals surface area contributed by atoms with Crippen molar-refractivity contribution in [2.75, 3.05) is 37.9 Å². The van der Waals surface area contributed by atoms with Gasteiger partial charge in [-0.25, -0.2) is 14.2 Å². The van der Waals surface area contributed by atoms with E-state index in [1.165, 1.54) is 6.20 Å². The molecule has 4 aromatic rings. The molecule has 0 bridgehead atoms. The van der Waals surface area contributed by atoms with Crippen LogP contribution in [0.25, 0.3) is 11.0 Å². The number of carboxylic acid groups (broad SMARTS) is 1. The summed E-state index contributed by atoms with van der Waals surface area (Å²) < 4.78 is 54.4. The van der Waals surface area contributed by atoms with E-state index in [4.69, 9.17) is 24.6 Å². The van der Waals surface area contributed by atoms with Gasteiger partial charge in [0.25, 0.3) is 10.1 Å². The molecular weight excluding hydrogens is 661 g/mol.